The van der Waals surface area contributed by atoms with E-state index in [-0.39, 0.29) is 5.91 Å². The van der Waals surface area contributed by atoms with Gasteiger partial charge < -0.3 is 9.47 Å². The van der Waals surface area contributed by atoms with Crippen molar-refractivity contribution in [2.75, 3.05) is 14.2 Å². The third kappa shape index (κ3) is 4.86. The molecule has 0 aliphatic rings. The van der Waals surface area contributed by atoms with Crippen molar-refractivity contribution >= 4 is 11.6 Å². The average Bonchev–Trinajstić information content (AvgIpc) is 3.08. The largest absolute Gasteiger partial charge is 0.497 e. The topological polar surface area (TPSA) is 77.7 Å². The molecule has 0 bridgehead atoms. The summed E-state index contributed by atoms with van der Waals surface area (Å²) in [6.07, 6.45) is 0. The minimum absolute atomic E-state index is 0.278. The molecule has 0 saturated carbocycles. The van der Waals surface area contributed by atoms with E-state index >= 15 is 0 Å². The van der Waals surface area contributed by atoms with E-state index in [4.69, 9.17) is 9.47 Å². The highest BCUT2D eigenvalue weighted by molar-refractivity contribution is 6.02. The summed E-state index contributed by atoms with van der Waals surface area (Å²) >= 11 is 0. The number of nitrogens with zero attached hydrogens (tertiary/aromatic N) is 3. The second kappa shape index (κ2) is 9.26. The van der Waals surface area contributed by atoms with Crippen LogP contribution >= 0.6 is 0 Å². The van der Waals surface area contributed by atoms with Crippen LogP contribution in [0.2, 0.25) is 0 Å². The van der Waals surface area contributed by atoms with E-state index in [1.807, 2.05) is 55.8 Å². The molecular weight excluding hydrogens is 380 g/mol. The van der Waals surface area contributed by atoms with Crippen LogP contribution < -0.4 is 14.9 Å². The van der Waals surface area contributed by atoms with Gasteiger partial charge in [-0.15, -0.1) is 0 Å². The van der Waals surface area contributed by atoms with E-state index < -0.39 is 0 Å². The Morgan fingerprint density at radius 3 is 2.40 bits per heavy atom. The second-order valence-corrected chi connectivity index (χ2v) is 6.99. The SMILES string of the molecule is COc1ccc(/C(C)=N\NC(=O)c2ccc(Cn3nc(C)cc3C)cc2)c(OC)c1. The molecule has 1 N–H and O–H groups in total. The number of hydrogen-bond donors (Lipinski definition) is 1. The summed E-state index contributed by atoms with van der Waals surface area (Å²) in [5.41, 5.74) is 7.71. The molecule has 0 atom stereocenters. The van der Waals surface area contributed by atoms with Crippen LogP contribution in [0.15, 0.2) is 53.6 Å². The Morgan fingerprint density at radius 1 is 1.07 bits per heavy atom. The van der Waals surface area contributed by atoms with Crippen molar-refractivity contribution in [3.63, 3.8) is 0 Å². The van der Waals surface area contributed by atoms with Crippen LogP contribution in [-0.4, -0.2) is 35.6 Å². The van der Waals surface area contributed by atoms with Crippen LogP contribution in [0.1, 0.15) is 39.8 Å². The molecule has 7 heteroatoms. The highest BCUT2D eigenvalue weighted by Crippen LogP contribution is 2.25. The van der Waals surface area contributed by atoms with E-state index in [0.29, 0.717) is 29.3 Å². The molecule has 0 saturated heterocycles. The van der Waals surface area contributed by atoms with E-state index in [1.54, 1.807) is 32.4 Å². The van der Waals surface area contributed by atoms with Crippen LogP contribution in [0.25, 0.3) is 0 Å². The minimum Gasteiger partial charge on any atom is -0.497 e. The number of hydrogen-bond acceptors (Lipinski definition) is 5. The maximum atomic E-state index is 12.5. The molecule has 3 rings (SSSR count). The predicted octanol–water partition coefficient (Wildman–Crippen LogP) is 3.72. The standard InChI is InChI=1S/C23H26N4O3/c1-15-12-16(2)27(26-15)14-18-6-8-19(9-7-18)23(28)25-24-17(3)21-11-10-20(29-4)13-22(21)30-5/h6-13H,14H2,1-5H3,(H,25,28)/b24-17-. The van der Waals surface area contributed by atoms with Crippen molar-refractivity contribution in [1.82, 2.24) is 15.2 Å². The van der Waals surface area contributed by atoms with Gasteiger partial charge in [0.1, 0.15) is 11.5 Å². The fraction of sp³-hybridized carbons (Fsp3) is 0.261. The van der Waals surface area contributed by atoms with Gasteiger partial charge in [-0.05, 0) is 56.7 Å². The van der Waals surface area contributed by atoms with Crippen molar-refractivity contribution < 1.29 is 14.3 Å². The van der Waals surface area contributed by atoms with E-state index in [9.17, 15) is 4.79 Å². The first kappa shape index (κ1) is 21.1. The molecule has 0 radical (unpaired) electrons. The van der Waals surface area contributed by atoms with Crippen LogP contribution in [0.4, 0.5) is 0 Å². The number of carbonyl (C=O) groups excluding carboxylic acids is 1. The van der Waals surface area contributed by atoms with Gasteiger partial charge in [0.05, 0.1) is 32.2 Å². The average molecular weight is 406 g/mol. The monoisotopic (exact) mass is 406 g/mol. The molecule has 1 heterocycles. The number of amides is 1. The van der Waals surface area contributed by atoms with Gasteiger partial charge in [0.2, 0.25) is 0 Å². The van der Waals surface area contributed by atoms with Gasteiger partial charge in [-0.2, -0.15) is 10.2 Å². The normalized spacial score (nSPS) is 11.3. The first-order chi connectivity index (χ1) is 14.4. The molecule has 3 aromatic rings. The lowest BCUT2D eigenvalue weighted by Gasteiger charge is -2.10. The first-order valence-electron chi connectivity index (χ1n) is 9.58. The zero-order chi connectivity index (χ0) is 21.7. The Morgan fingerprint density at radius 2 is 1.80 bits per heavy atom. The van der Waals surface area contributed by atoms with Crippen LogP contribution in [0.5, 0.6) is 11.5 Å². The summed E-state index contributed by atoms with van der Waals surface area (Å²) in [6.45, 7) is 6.47. The third-order valence-electron chi connectivity index (χ3n) is 4.78. The molecule has 2 aromatic carbocycles. The summed E-state index contributed by atoms with van der Waals surface area (Å²) in [5, 5.41) is 8.69. The summed E-state index contributed by atoms with van der Waals surface area (Å²) < 4.78 is 12.5. The summed E-state index contributed by atoms with van der Waals surface area (Å²) in [6, 6.07) is 14.9. The Kier molecular flexibility index (Phi) is 6.51. The quantitative estimate of drug-likeness (QED) is 0.479. The third-order valence-corrected chi connectivity index (χ3v) is 4.78. The molecule has 156 valence electrons. The number of aromatic nitrogens is 2. The van der Waals surface area contributed by atoms with Gasteiger partial charge in [0, 0.05) is 22.9 Å². The van der Waals surface area contributed by atoms with Gasteiger partial charge in [-0.1, -0.05) is 12.1 Å². The Bertz CT molecular complexity index is 1070. The number of aryl methyl sites for hydroxylation is 2. The van der Waals surface area contributed by atoms with Crippen molar-refractivity contribution in [1.29, 1.82) is 0 Å². The van der Waals surface area contributed by atoms with E-state index in [2.05, 4.69) is 15.6 Å². The fourth-order valence-electron chi connectivity index (χ4n) is 3.13. The zero-order valence-corrected chi connectivity index (χ0v) is 17.9. The predicted molar refractivity (Wildman–Crippen MR) is 116 cm³/mol. The van der Waals surface area contributed by atoms with Crippen molar-refractivity contribution in [2.45, 2.75) is 27.3 Å². The molecule has 0 aliphatic heterocycles. The molecule has 0 spiro atoms. The molecule has 0 aliphatic carbocycles. The zero-order valence-electron chi connectivity index (χ0n) is 17.9. The number of benzene rings is 2. The van der Waals surface area contributed by atoms with Crippen molar-refractivity contribution in [3.05, 3.63) is 76.6 Å². The molecule has 7 nitrogen and oxygen atoms in total. The van der Waals surface area contributed by atoms with Gasteiger partial charge in [-0.25, -0.2) is 5.43 Å². The Labute approximate surface area is 176 Å². The molecule has 1 aromatic heterocycles. The summed E-state index contributed by atoms with van der Waals surface area (Å²) in [5.74, 6) is 1.03. The van der Waals surface area contributed by atoms with E-state index in [1.165, 1.54) is 0 Å². The minimum atomic E-state index is -0.278. The van der Waals surface area contributed by atoms with Crippen LogP contribution in [-0.2, 0) is 6.54 Å². The molecule has 30 heavy (non-hydrogen) atoms. The van der Waals surface area contributed by atoms with E-state index in [0.717, 1.165) is 22.5 Å². The number of nitrogens with one attached hydrogen (secondary N) is 1. The number of hydrazone groups is 1. The number of methoxy groups -OCH3 is 2. The lowest BCUT2D eigenvalue weighted by Crippen LogP contribution is -2.19. The smallest absolute Gasteiger partial charge is 0.271 e. The van der Waals surface area contributed by atoms with Gasteiger partial charge >= 0.3 is 0 Å². The Hall–Kier alpha value is -3.61. The second-order valence-electron chi connectivity index (χ2n) is 6.99. The van der Waals surface area contributed by atoms with Crippen LogP contribution in [0, 0.1) is 13.8 Å². The summed E-state index contributed by atoms with van der Waals surface area (Å²) in [4.78, 5) is 12.5. The lowest BCUT2D eigenvalue weighted by atomic mass is 10.1. The van der Waals surface area contributed by atoms with Crippen LogP contribution in [0.3, 0.4) is 0 Å². The molecular formula is C23H26N4O3. The van der Waals surface area contributed by atoms with Gasteiger partial charge in [-0.3, -0.25) is 9.48 Å². The molecule has 1 amide bonds. The highest BCUT2D eigenvalue weighted by Gasteiger charge is 2.10. The number of ether oxygens (including phenoxy) is 2. The highest BCUT2D eigenvalue weighted by atomic mass is 16.5. The molecule has 0 unspecified atom stereocenters. The fourth-order valence-corrected chi connectivity index (χ4v) is 3.13. The molecule has 0 fully saturated rings. The van der Waals surface area contributed by atoms with Gasteiger partial charge in [0.15, 0.2) is 0 Å². The first-order valence-corrected chi connectivity index (χ1v) is 9.58. The van der Waals surface area contributed by atoms with Gasteiger partial charge in [0.25, 0.3) is 5.91 Å². The maximum absolute atomic E-state index is 12.5. The van der Waals surface area contributed by atoms with Crippen molar-refractivity contribution in [3.8, 4) is 11.5 Å². The lowest BCUT2D eigenvalue weighted by molar-refractivity contribution is 0.0955. The Balaban J connectivity index is 1.68. The maximum Gasteiger partial charge on any atom is 0.271 e. The van der Waals surface area contributed by atoms with Crippen molar-refractivity contribution in [2.24, 2.45) is 5.10 Å². The number of carbonyl (C=O) groups is 1. The summed E-state index contributed by atoms with van der Waals surface area (Å²) in [7, 11) is 3.18. The number of rotatable bonds is 7.